The zero-order chi connectivity index (χ0) is 23.4. The summed E-state index contributed by atoms with van der Waals surface area (Å²) in [5, 5.41) is 11.3. The van der Waals surface area contributed by atoms with Crippen molar-refractivity contribution in [3.63, 3.8) is 0 Å². The van der Waals surface area contributed by atoms with E-state index in [1.54, 1.807) is 0 Å². The molecule has 5 fully saturated rings. The molecule has 0 aromatic rings. The number of aliphatic hydroxyl groups excluding tert-OH is 1. The van der Waals surface area contributed by atoms with Crippen LogP contribution in [-0.2, 0) is 4.79 Å². The molecule has 5 saturated carbocycles. The van der Waals surface area contributed by atoms with Crippen molar-refractivity contribution in [2.24, 2.45) is 56.2 Å². The lowest BCUT2D eigenvalue weighted by Gasteiger charge is -2.75. The molecule has 0 aromatic heterocycles. The lowest BCUT2D eigenvalue weighted by Crippen LogP contribution is -2.69. The van der Waals surface area contributed by atoms with Crippen LogP contribution in [0.3, 0.4) is 0 Å². The molecule has 2 nitrogen and oxygen atoms in total. The third-order valence-electron chi connectivity index (χ3n) is 13.7. The molecule has 0 bridgehead atoms. The molecule has 182 valence electrons. The Morgan fingerprint density at radius 3 is 2.16 bits per heavy atom. The third kappa shape index (κ3) is 2.71. The second-order valence-electron chi connectivity index (χ2n) is 15.2. The van der Waals surface area contributed by atoms with Crippen molar-refractivity contribution in [3.8, 4) is 0 Å². The minimum Gasteiger partial charge on any atom is -0.396 e. The molecule has 0 saturated heterocycles. The summed E-state index contributed by atoms with van der Waals surface area (Å²) in [4.78, 5) is 12.7. The van der Waals surface area contributed by atoms with E-state index in [-0.39, 0.29) is 22.2 Å². The van der Waals surface area contributed by atoms with E-state index in [4.69, 9.17) is 0 Å². The molecule has 0 radical (unpaired) electrons. The number of Topliss-reactive ketones (excluding diaryl/α,β-unsaturated/α-hetero) is 1. The second-order valence-corrected chi connectivity index (χ2v) is 15.2. The van der Waals surface area contributed by atoms with Gasteiger partial charge in [0, 0.05) is 24.4 Å². The summed E-state index contributed by atoms with van der Waals surface area (Å²) >= 11 is 0. The number of carbonyl (C=O) groups is 1. The van der Waals surface area contributed by atoms with Gasteiger partial charge in [0.15, 0.2) is 0 Å². The maximum Gasteiger partial charge on any atom is 0.136 e. The van der Waals surface area contributed by atoms with Crippen LogP contribution in [0.5, 0.6) is 0 Å². The smallest absolute Gasteiger partial charge is 0.136 e. The Bertz CT molecular complexity index is 801. The van der Waals surface area contributed by atoms with Crippen molar-refractivity contribution < 1.29 is 9.90 Å². The van der Waals surface area contributed by atoms with Crippen molar-refractivity contribution in [2.75, 3.05) is 6.61 Å². The van der Waals surface area contributed by atoms with E-state index in [0.717, 1.165) is 12.8 Å². The van der Waals surface area contributed by atoms with Gasteiger partial charge >= 0.3 is 0 Å². The molecule has 5 aliphatic rings. The summed E-state index contributed by atoms with van der Waals surface area (Å²) < 4.78 is 0. The van der Waals surface area contributed by atoms with Crippen LogP contribution in [0, 0.1) is 56.2 Å². The molecule has 2 heteroatoms. The highest BCUT2D eigenvalue weighted by Crippen LogP contribution is 2.78. The summed E-state index contributed by atoms with van der Waals surface area (Å²) in [6.07, 6.45) is 13.4. The van der Waals surface area contributed by atoms with Gasteiger partial charge in [0.05, 0.1) is 0 Å². The number of hydrogen-bond donors (Lipinski definition) is 1. The Morgan fingerprint density at radius 2 is 1.47 bits per heavy atom. The average molecular weight is 443 g/mol. The fourth-order valence-corrected chi connectivity index (χ4v) is 11.3. The molecule has 9 atom stereocenters. The molecule has 32 heavy (non-hydrogen) atoms. The van der Waals surface area contributed by atoms with Crippen molar-refractivity contribution in [2.45, 2.75) is 119 Å². The van der Waals surface area contributed by atoms with Crippen LogP contribution < -0.4 is 0 Å². The first-order valence-corrected chi connectivity index (χ1v) is 13.9. The zero-order valence-corrected chi connectivity index (χ0v) is 22.2. The SMILES string of the molecule is CC1C(=O)CCC2C1(C)CCC1C2(C)CCC2(CO)C3CC(C)(C)CCC3(C)CCC12C. The number of ketones is 1. The number of aliphatic hydroxyl groups is 1. The van der Waals surface area contributed by atoms with E-state index in [9.17, 15) is 9.90 Å². The Kier molecular flexibility index (Phi) is 5.01. The molecule has 0 amide bonds. The topological polar surface area (TPSA) is 37.3 Å². The van der Waals surface area contributed by atoms with E-state index in [0.29, 0.717) is 46.4 Å². The fourth-order valence-electron chi connectivity index (χ4n) is 11.3. The first-order chi connectivity index (χ1) is 14.8. The highest BCUT2D eigenvalue weighted by molar-refractivity contribution is 5.82. The molecule has 5 aliphatic carbocycles. The summed E-state index contributed by atoms with van der Waals surface area (Å²) in [6, 6.07) is 0. The second kappa shape index (κ2) is 6.86. The van der Waals surface area contributed by atoms with Gasteiger partial charge in [-0.25, -0.2) is 0 Å². The van der Waals surface area contributed by atoms with Crippen LogP contribution in [0.15, 0.2) is 0 Å². The van der Waals surface area contributed by atoms with Gasteiger partial charge in [0.25, 0.3) is 0 Å². The standard InChI is InChI=1S/C30H50O2/c1-20-21(32)8-9-22-27(20,5)11-10-23-28(22,6)15-17-30(19-31)24-18-25(2,3)12-13-26(24,4)14-16-29(23,30)7/h20,22-24,31H,8-19H2,1-7H3. The highest BCUT2D eigenvalue weighted by atomic mass is 16.3. The van der Waals surface area contributed by atoms with Crippen molar-refractivity contribution in [1.82, 2.24) is 0 Å². The number of hydrogen-bond acceptors (Lipinski definition) is 2. The van der Waals surface area contributed by atoms with Gasteiger partial charge in [-0.3, -0.25) is 4.79 Å². The third-order valence-corrected chi connectivity index (χ3v) is 13.7. The van der Waals surface area contributed by atoms with Crippen molar-refractivity contribution in [3.05, 3.63) is 0 Å². The van der Waals surface area contributed by atoms with Crippen LogP contribution in [0.1, 0.15) is 119 Å². The predicted octanol–water partition coefficient (Wildman–Crippen LogP) is 7.43. The Labute approximate surface area is 197 Å². The molecular weight excluding hydrogens is 392 g/mol. The van der Waals surface area contributed by atoms with E-state index < -0.39 is 0 Å². The molecule has 5 rings (SSSR count). The molecule has 0 aliphatic heterocycles. The van der Waals surface area contributed by atoms with E-state index in [2.05, 4.69) is 48.5 Å². The van der Waals surface area contributed by atoms with Crippen LogP contribution in [0.4, 0.5) is 0 Å². The van der Waals surface area contributed by atoms with Gasteiger partial charge in [-0.05, 0) is 109 Å². The Balaban J connectivity index is 1.57. The first kappa shape index (κ1) is 23.4. The molecular formula is C30H50O2. The van der Waals surface area contributed by atoms with E-state index >= 15 is 0 Å². The van der Waals surface area contributed by atoms with Gasteiger partial charge < -0.3 is 5.11 Å². The van der Waals surface area contributed by atoms with Crippen LogP contribution >= 0.6 is 0 Å². The van der Waals surface area contributed by atoms with Gasteiger partial charge in [-0.15, -0.1) is 0 Å². The van der Waals surface area contributed by atoms with E-state index in [1.807, 2.05) is 0 Å². The first-order valence-electron chi connectivity index (χ1n) is 13.9. The summed E-state index contributed by atoms with van der Waals surface area (Å²) in [5.41, 5.74) is 1.58. The zero-order valence-electron chi connectivity index (χ0n) is 22.2. The molecule has 0 spiro atoms. The maximum atomic E-state index is 12.7. The van der Waals surface area contributed by atoms with E-state index in [1.165, 1.54) is 57.8 Å². The maximum absolute atomic E-state index is 12.7. The number of carbonyl (C=O) groups excluding carboxylic acids is 1. The predicted molar refractivity (Wildman–Crippen MR) is 131 cm³/mol. The molecule has 0 aromatic carbocycles. The molecule has 9 unspecified atom stereocenters. The largest absolute Gasteiger partial charge is 0.396 e. The van der Waals surface area contributed by atoms with Crippen molar-refractivity contribution >= 4 is 5.78 Å². The molecule has 1 N–H and O–H groups in total. The highest BCUT2D eigenvalue weighted by Gasteiger charge is 2.72. The fraction of sp³-hybridized carbons (Fsp3) is 0.967. The van der Waals surface area contributed by atoms with Gasteiger partial charge in [-0.2, -0.15) is 0 Å². The lowest BCUT2D eigenvalue weighted by atomic mass is 9.30. The van der Waals surface area contributed by atoms with Gasteiger partial charge in [-0.1, -0.05) is 48.5 Å². The Hall–Kier alpha value is -0.370. The monoisotopic (exact) mass is 442 g/mol. The summed E-state index contributed by atoms with van der Waals surface area (Å²) in [7, 11) is 0. The summed E-state index contributed by atoms with van der Waals surface area (Å²) in [6.45, 7) is 17.8. The van der Waals surface area contributed by atoms with Crippen molar-refractivity contribution in [1.29, 1.82) is 0 Å². The van der Waals surface area contributed by atoms with Gasteiger partial charge in [0.2, 0.25) is 0 Å². The van der Waals surface area contributed by atoms with Crippen LogP contribution in [0.25, 0.3) is 0 Å². The quantitative estimate of drug-likeness (QED) is 0.458. The van der Waals surface area contributed by atoms with Crippen LogP contribution in [0.2, 0.25) is 0 Å². The lowest BCUT2D eigenvalue weighted by molar-refractivity contribution is -0.271. The summed E-state index contributed by atoms with van der Waals surface area (Å²) in [5.74, 6) is 2.71. The minimum atomic E-state index is 0.0751. The number of rotatable bonds is 1. The van der Waals surface area contributed by atoms with Crippen LogP contribution in [-0.4, -0.2) is 17.5 Å². The Morgan fingerprint density at radius 1 is 0.781 bits per heavy atom. The minimum absolute atomic E-state index is 0.0751. The number of fused-ring (bicyclic) bond motifs is 7. The average Bonchev–Trinajstić information content (AvgIpc) is 2.72. The normalized spacial score (nSPS) is 57.1. The van der Waals surface area contributed by atoms with Gasteiger partial charge in [0.1, 0.15) is 5.78 Å². The molecule has 0 heterocycles.